The lowest BCUT2D eigenvalue weighted by Gasteiger charge is -2.27. The van der Waals surface area contributed by atoms with Gasteiger partial charge < -0.3 is 10.1 Å². The lowest BCUT2D eigenvalue weighted by Crippen LogP contribution is -2.46. The van der Waals surface area contributed by atoms with E-state index >= 15 is 0 Å². The van der Waals surface area contributed by atoms with Crippen LogP contribution in [0.25, 0.3) is 0 Å². The monoisotopic (exact) mass is 141 g/mol. The summed E-state index contributed by atoms with van der Waals surface area (Å²) in [5.41, 5.74) is 0.326. The molecule has 0 amide bonds. The highest BCUT2D eigenvalue weighted by atomic mass is 16.5. The molecule has 10 heavy (non-hydrogen) atoms. The molecule has 56 valence electrons. The zero-order chi connectivity index (χ0) is 7.19. The molecule has 1 unspecified atom stereocenters. The number of esters is 1. The zero-order valence-electron chi connectivity index (χ0n) is 6.02. The van der Waals surface area contributed by atoms with Gasteiger partial charge in [0.1, 0.15) is 0 Å². The minimum atomic E-state index is -0.0264. The Labute approximate surface area is 59.7 Å². The van der Waals surface area contributed by atoms with Crippen LogP contribution in [0.3, 0.4) is 0 Å². The summed E-state index contributed by atoms with van der Waals surface area (Å²) in [6, 6.07) is 0. The molecule has 2 aliphatic rings. The van der Waals surface area contributed by atoms with Gasteiger partial charge in [-0.2, -0.15) is 0 Å². The van der Waals surface area contributed by atoms with Crippen molar-refractivity contribution in [1.82, 2.24) is 5.32 Å². The minimum absolute atomic E-state index is 0.0264. The van der Waals surface area contributed by atoms with Gasteiger partial charge in [-0.25, -0.2) is 0 Å². The Balaban J connectivity index is 1.94. The summed E-state index contributed by atoms with van der Waals surface area (Å²) in [4.78, 5) is 10.9. The standard InChI is InChI=1S/C7H11NO2/c1-10-6(9)5-2-7(5)3-8-4-7/h5,8H,2-4H2,1H3. The van der Waals surface area contributed by atoms with Crippen LogP contribution in [0.15, 0.2) is 0 Å². The van der Waals surface area contributed by atoms with Gasteiger partial charge in [-0.15, -0.1) is 0 Å². The van der Waals surface area contributed by atoms with Crippen molar-refractivity contribution in [3.8, 4) is 0 Å². The Morgan fingerprint density at radius 1 is 1.70 bits per heavy atom. The maximum Gasteiger partial charge on any atom is 0.309 e. The SMILES string of the molecule is COC(=O)C1CC12CNC2. The number of carbonyl (C=O) groups is 1. The summed E-state index contributed by atoms with van der Waals surface area (Å²) in [6.45, 7) is 2.01. The van der Waals surface area contributed by atoms with E-state index in [0.29, 0.717) is 5.41 Å². The summed E-state index contributed by atoms with van der Waals surface area (Å²) in [6.07, 6.45) is 1.03. The molecule has 1 aliphatic heterocycles. The van der Waals surface area contributed by atoms with Crippen LogP contribution < -0.4 is 5.32 Å². The van der Waals surface area contributed by atoms with Gasteiger partial charge in [0.05, 0.1) is 13.0 Å². The van der Waals surface area contributed by atoms with Gasteiger partial charge in [-0.05, 0) is 6.42 Å². The van der Waals surface area contributed by atoms with Gasteiger partial charge in [0.2, 0.25) is 0 Å². The smallest absolute Gasteiger partial charge is 0.309 e. The molecule has 0 aromatic carbocycles. The van der Waals surface area contributed by atoms with Crippen molar-refractivity contribution in [3.05, 3.63) is 0 Å². The van der Waals surface area contributed by atoms with Crippen molar-refractivity contribution in [3.63, 3.8) is 0 Å². The Morgan fingerprint density at radius 2 is 2.40 bits per heavy atom. The third kappa shape index (κ3) is 0.611. The predicted octanol–water partition coefficient (Wildman–Crippen LogP) is -0.231. The first-order valence-electron chi connectivity index (χ1n) is 3.57. The van der Waals surface area contributed by atoms with Crippen LogP contribution >= 0.6 is 0 Å². The second kappa shape index (κ2) is 1.72. The number of nitrogens with one attached hydrogen (secondary N) is 1. The van der Waals surface area contributed by atoms with Crippen LogP contribution in [0, 0.1) is 11.3 Å². The van der Waals surface area contributed by atoms with Gasteiger partial charge in [-0.3, -0.25) is 4.79 Å². The van der Waals surface area contributed by atoms with E-state index in [-0.39, 0.29) is 11.9 Å². The second-order valence-electron chi connectivity index (χ2n) is 3.25. The van der Waals surface area contributed by atoms with Gasteiger partial charge >= 0.3 is 5.97 Å². The maximum atomic E-state index is 10.9. The molecular formula is C7H11NO2. The van der Waals surface area contributed by atoms with E-state index in [4.69, 9.17) is 0 Å². The Morgan fingerprint density at radius 3 is 2.70 bits per heavy atom. The fraction of sp³-hybridized carbons (Fsp3) is 0.857. The van der Waals surface area contributed by atoms with E-state index in [9.17, 15) is 4.79 Å². The molecule has 0 aromatic heterocycles. The third-order valence-electron chi connectivity index (χ3n) is 2.63. The molecule has 1 atom stereocenters. The van der Waals surface area contributed by atoms with Gasteiger partial charge in [0, 0.05) is 18.5 Å². The average molecular weight is 141 g/mol. The number of methoxy groups -OCH3 is 1. The fourth-order valence-corrected chi connectivity index (χ4v) is 1.66. The van der Waals surface area contributed by atoms with Crippen LogP contribution in [0.2, 0.25) is 0 Å². The lowest BCUT2D eigenvalue weighted by molar-refractivity contribution is -0.143. The maximum absolute atomic E-state index is 10.9. The summed E-state index contributed by atoms with van der Waals surface area (Å²) in [5, 5.41) is 3.17. The highest BCUT2D eigenvalue weighted by molar-refractivity contribution is 5.77. The molecule has 0 radical (unpaired) electrons. The molecule has 1 N–H and O–H groups in total. The Bertz CT molecular complexity index is 174. The quantitative estimate of drug-likeness (QED) is 0.512. The van der Waals surface area contributed by atoms with E-state index in [2.05, 4.69) is 10.1 Å². The normalized spacial score (nSPS) is 33.1. The molecule has 3 nitrogen and oxygen atoms in total. The van der Waals surface area contributed by atoms with Crippen molar-refractivity contribution in [2.24, 2.45) is 11.3 Å². The predicted molar refractivity (Wildman–Crippen MR) is 35.4 cm³/mol. The largest absolute Gasteiger partial charge is 0.469 e. The van der Waals surface area contributed by atoms with Crippen molar-refractivity contribution >= 4 is 5.97 Å². The number of rotatable bonds is 1. The van der Waals surface area contributed by atoms with Crippen molar-refractivity contribution in [2.45, 2.75) is 6.42 Å². The molecule has 3 heteroatoms. The van der Waals surface area contributed by atoms with E-state index in [1.807, 2.05) is 0 Å². The number of ether oxygens (including phenoxy) is 1. The lowest BCUT2D eigenvalue weighted by atomic mass is 9.97. The summed E-state index contributed by atoms with van der Waals surface area (Å²) < 4.78 is 4.64. The molecule has 1 spiro atoms. The first-order valence-corrected chi connectivity index (χ1v) is 3.57. The van der Waals surface area contributed by atoms with Crippen molar-refractivity contribution < 1.29 is 9.53 Å². The number of carbonyl (C=O) groups excluding carboxylic acids is 1. The van der Waals surface area contributed by atoms with Gasteiger partial charge in [0.25, 0.3) is 0 Å². The highest BCUT2D eigenvalue weighted by Gasteiger charge is 2.62. The van der Waals surface area contributed by atoms with Crippen LogP contribution in [0.5, 0.6) is 0 Å². The summed E-state index contributed by atoms with van der Waals surface area (Å²) in [5.74, 6) is 0.181. The zero-order valence-corrected chi connectivity index (χ0v) is 6.02. The topological polar surface area (TPSA) is 38.3 Å². The molecule has 2 fully saturated rings. The molecule has 2 rings (SSSR count). The molecule has 1 aliphatic carbocycles. The molecule has 0 bridgehead atoms. The molecule has 0 aromatic rings. The first kappa shape index (κ1) is 6.16. The highest BCUT2D eigenvalue weighted by Crippen LogP contribution is 2.55. The second-order valence-corrected chi connectivity index (χ2v) is 3.25. The summed E-state index contributed by atoms with van der Waals surface area (Å²) in [7, 11) is 1.46. The third-order valence-corrected chi connectivity index (χ3v) is 2.63. The van der Waals surface area contributed by atoms with Crippen molar-refractivity contribution in [1.29, 1.82) is 0 Å². The van der Waals surface area contributed by atoms with Crippen LogP contribution in [-0.2, 0) is 9.53 Å². The minimum Gasteiger partial charge on any atom is -0.469 e. The van der Waals surface area contributed by atoms with Crippen LogP contribution in [0.1, 0.15) is 6.42 Å². The Kier molecular flexibility index (Phi) is 1.06. The van der Waals surface area contributed by atoms with Gasteiger partial charge in [0.15, 0.2) is 0 Å². The number of hydrogen-bond acceptors (Lipinski definition) is 3. The fourth-order valence-electron chi connectivity index (χ4n) is 1.66. The number of hydrogen-bond donors (Lipinski definition) is 1. The first-order chi connectivity index (χ1) is 4.78. The van der Waals surface area contributed by atoms with E-state index < -0.39 is 0 Å². The van der Waals surface area contributed by atoms with E-state index in [0.717, 1.165) is 19.5 Å². The van der Waals surface area contributed by atoms with Gasteiger partial charge in [-0.1, -0.05) is 0 Å². The molecule has 1 saturated heterocycles. The van der Waals surface area contributed by atoms with E-state index in [1.54, 1.807) is 0 Å². The van der Waals surface area contributed by atoms with E-state index in [1.165, 1.54) is 7.11 Å². The Hall–Kier alpha value is -0.570. The molecule has 1 saturated carbocycles. The summed E-state index contributed by atoms with van der Waals surface area (Å²) >= 11 is 0. The average Bonchev–Trinajstić information content (AvgIpc) is 2.59. The van der Waals surface area contributed by atoms with Crippen LogP contribution in [-0.4, -0.2) is 26.2 Å². The van der Waals surface area contributed by atoms with Crippen LogP contribution in [0.4, 0.5) is 0 Å². The van der Waals surface area contributed by atoms with Crippen molar-refractivity contribution in [2.75, 3.05) is 20.2 Å². The molecule has 1 heterocycles. The molecular weight excluding hydrogens is 130 g/mol.